The van der Waals surface area contributed by atoms with Crippen molar-refractivity contribution in [2.24, 2.45) is 0 Å². The second-order valence-electron chi connectivity index (χ2n) is 4.98. The molecular formula is C16H18N2O2. The second kappa shape index (κ2) is 5.41. The molecule has 0 bridgehead atoms. The van der Waals surface area contributed by atoms with Crippen molar-refractivity contribution in [1.82, 2.24) is 9.88 Å². The number of aromatic amines is 1. The van der Waals surface area contributed by atoms with E-state index in [2.05, 4.69) is 29.8 Å². The Morgan fingerprint density at radius 1 is 1.35 bits per heavy atom. The minimum atomic E-state index is -0.251. The van der Waals surface area contributed by atoms with Gasteiger partial charge in [-0.05, 0) is 18.1 Å². The van der Waals surface area contributed by atoms with Crippen LogP contribution in [0.15, 0.2) is 36.9 Å². The second-order valence-corrected chi connectivity index (χ2v) is 4.98. The average Bonchev–Trinajstić information content (AvgIpc) is 2.69. The number of hydrogen-bond acceptors (Lipinski definition) is 2. The molecule has 4 heteroatoms. The van der Waals surface area contributed by atoms with Crippen molar-refractivity contribution in [3.63, 3.8) is 0 Å². The van der Waals surface area contributed by atoms with Gasteiger partial charge in [0.15, 0.2) is 0 Å². The fourth-order valence-electron chi connectivity index (χ4n) is 2.76. The Balaban J connectivity index is 1.79. The van der Waals surface area contributed by atoms with Crippen LogP contribution in [0.2, 0.25) is 0 Å². The third-order valence-electron chi connectivity index (χ3n) is 3.75. The zero-order chi connectivity index (χ0) is 13.9. The van der Waals surface area contributed by atoms with E-state index in [1.807, 2.05) is 6.07 Å². The molecule has 0 atom stereocenters. The lowest BCUT2D eigenvalue weighted by atomic mass is 10.1. The van der Waals surface area contributed by atoms with E-state index in [1.54, 1.807) is 11.0 Å². The zero-order valence-corrected chi connectivity index (χ0v) is 11.4. The summed E-state index contributed by atoms with van der Waals surface area (Å²) in [5.74, 6) is 0. The first-order chi connectivity index (χ1) is 9.79. The highest BCUT2D eigenvalue weighted by Gasteiger charge is 2.21. The number of H-pyrrole nitrogens is 1. The molecule has 0 unspecified atom stereocenters. The number of carbonyl (C=O) groups excluding carboxylic acids is 1. The highest BCUT2D eigenvalue weighted by atomic mass is 16.6. The van der Waals surface area contributed by atoms with Crippen LogP contribution in [-0.2, 0) is 17.6 Å². The number of nitrogens with zero attached hydrogens (tertiary/aromatic N) is 1. The molecule has 1 aliphatic rings. The molecule has 1 aliphatic heterocycles. The summed E-state index contributed by atoms with van der Waals surface area (Å²) in [7, 11) is 0. The maximum atomic E-state index is 11.9. The van der Waals surface area contributed by atoms with Crippen LogP contribution in [0.25, 0.3) is 10.9 Å². The molecule has 0 saturated heterocycles. The summed E-state index contributed by atoms with van der Waals surface area (Å²) >= 11 is 0. The normalized spacial score (nSPS) is 14.7. The Morgan fingerprint density at radius 3 is 3.00 bits per heavy atom. The predicted molar refractivity (Wildman–Crippen MR) is 78.8 cm³/mol. The number of carbonyl (C=O) groups is 1. The van der Waals surface area contributed by atoms with Gasteiger partial charge in [-0.15, -0.1) is 0 Å². The molecule has 1 N–H and O–H groups in total. The molecule has 0 saturated carbocycles. The molecule has 4 nitrogen and oxygen atoms in total. The molecule has 2 aromatic rings. The van der Waals surface area contributed by atoms with Gasteiger partial charge in [0.25, 0.3) is 0 Å². The summed E-state index contributed by atoms with van der Waals surface area (Å²) in [6, 6.07) is 8.32. The van der Waals surface area contributed by atoms with E-state index >= 15 is 0 Å². The van der Waals surface area contributed by atoms with Gasteiger partial charge in [0.2, 0.25) is 0 Å². The number of para-hydroxylation sites is 1. The fourth-order valence-corrected chi connectivity index (χ4v) is 2.76. The van der Waals surface area contributed by atoms with Crippen molar-refractivity contribution >= 4 is 17.0 Å². The summed E-state index contributed by atoms with van der Waals surface area (Å²) < 4.78 is 5.11. The maximum Gasteiger partial charge on any atom is 0.410 e. The largest absolute Gasteiger partial charge is 0.445 e. The summed E-state index contributed by atoms with van der Waals surface area (Å²) in [6.07, 6.45) is 3.04. The number of nitrogens with one attached hydrogen (secondary N) is 1. The third kappa shape index (κ3) is 2.29. The van der Waals surface area contributed by atoms with Gasteiger partial charge in [0.05, 0.1) is 0 Å². The minimum Gasteiger partial charge on any atom is -0.445 e. The maximum absolute atomic E-state index is 11.9. The summed E-state index contributed by atoms with van der Waals surface area (Å²) in [5, 5.41) is 1.27. The number of hydrogen-bond donors (Lipinski definition) is 1. The van der Waals surface area contributed by atoms with Gasteiger partial charge < -0.3 is 14.6 Å². The topological polar surface area (TPSA) is 45.3 Å². The molecule has 2 heterocycles. The highest BCUT2D eigenvalue weighted by Crippen LogP contribution is 2.25. The first-order valence-corrected chi connectivity index (χ1v) is 6.90. The van der Waals surface area contributed by atoms with Crippen molar-refractivity contribution in [2.75, 3.05) is 19.7 Å². The number of fused-ring (bicyclic) bond motifs is 3. The summed E-state index contributed by atoms with van der Waals surface area (Å²) in [4.78, 5) is 17.1. The summed E-state index contributed by atoms with van der Waals surface area (Å²) in [5.41, 5.74) is 3.75. The van der Waals surface area contributed by atoms with Crippen LogP contribution in [0, 0.1) is 0 Å². The van der Waals surface area contributed by atoms with E-state index in [4.69, 9.17) is 4.74 Å². The van der Waals surface area contributed by atoms with Crippen molar-refractivity contribution in [1.29, 1.82) is 0 Å². The van der Waals surface area contributed by atoms with E-state index < -0.39 is 0 Å². The van der Waals surface area contributed by atoms with E-state index in [0.717, 1.165) is 12.8 Å². The van der Waals surface area contributed by atoms with Crippen LogP contribution < -0.4 is 0 Å². The van der Waals surface area contributed by atoms with Crippen molar-refractivity contribution < 1.29 is 9.53 Å². The van der Waals surface area contributed by atoms with Gasteiger partial charge in [0, 0.05) is 36.1 Å². The highest BCUT2D eigenvalue weighted by molar-refractivity contribution is 5.85. The van der Waals surface area contributed by atoms with Gasteiger partial charge in [-0.2, -0.15) is 0 Å². The lowest BCUT2D eigenvalue weighted by molar-refractivity contribution is 0.114. The SMILES string of the molecule is C=CCOC(=O)N1CCc2[nH]c3ccccc3c2CC1. The first-order valence-electron chi connectivity index (χ1n) is 6.90. The molecule has 0 spiro atoms. The quantitative estimate of drug-likeness (QED) is 0.853. The van der Waals surface area contributed by atoms with Crippen LogP contribution in [0.4, 0.5) is 4.79 Å². The van der Waals surface area contributed by atoms with Gasteiger partial charge >= 0.3 is 6.09 Å². The molecule has 20 heavy (non-hydrogen) atoms. The lowest BCUT2D eigenvalue weighted by Gasteiger charge is -2.19. The standard InChI is InChI=1S/C16H18N2O2/c1-2-11-20-16(19)18-9-7-13-12-5-3-4-6-14(12)17-15(13)8-10-18/h2-6,17H,1,7-11H2. The Bertz CT molecular complexity index is 645. The minimum absolute atomic E-state index is 0.251. The van der Waals surface area contributed by atoms with Crippen LogP contribution in [0.1, 0.15) is 11.3 Å². The first kappa shape index (κ1) is 12.8. The number of amides is 1. The molecule has 1 aromatic carbocycles. The van der Waals surface area contributed by atoms with Crippen LogP contribution >= 0.6 is 0 Å². The molecule has 104 valence electrons. The number of benzene rings is 1. The smallest absolute Gasteiger partial charge is 0.410 e. The molecule has 0 aliphatic carbocycles. The number of aromatic nitrogens is 1. The molecule has 1 aromatic heterocycles. The van der Waals surface area contributed by atoms with Gasteiger partial charge in [-0.25, -0.2) is 4.79 Å². The van der Waals surface area contributed by atoms with E-state index in [0.29, 0.717) is 13.1 Å². The van der Waals surface area contributed by atoms with E-state index in [9.17, 15) is 4.79 Å². The van der Waals surface area contributed by atoms with E-state index in [1.165, 1.54) is 22.2 Å². The molecule has 0 radical (unpaired) electrons. The van der Waals surface area contributed by atoms with Crippen molar-refractivity contribution in [3.05, 3.63) is 48.2 Å². The molecule has 0 fully saturated rings. The zero-order valence-electron chi connectivity index (χ0n) is 11.4. The van der Waals surface area contributed by atoms with Gasteiger partial charge in [-0.3, -0.25) is 0 Å². The fraction of sp³-hybridized carbons (Fsp3) is 0.312. The van der Waals surface area contributed by atoms with E-state index in [-0.39, 0.29) is 12.7 Å². The Hall–Kier alpha value is -2.23. The molecule has 1 amide bonds. The Morgan fingerprint density at radius 2 is 2.15 bits per heavy atom. The monoisotopic (exact) mass is 270 g/mol. The van der Waals surface area contributed by atoms with Crippen LogP contribution in [0.3, 0.4) is 0 Å². The van der Waals surface area contributed by atoms with Crippen LogP contribution in [-0.4, -0.2) is 35.7 Å². The predicted octanol–water partition coefficient (Wildman–Crippen LogP) is 2.89. The summed E-state index contributed by atoms with van der Waals surface area (Å²) in [6.45, 7) is 5.21. The van der Waals surface area contributed by atoms with Crippen LogP contribution in [0.5, 0.6) is 0 Å². The lowest BCUT2D eigenvalue weighted by Crippen LogP contribution is -2.33. The van der Waals surface area contributed by atoms with Crippen molar-refractivity contribution in [3.8, 4) is 0 Å². The third-order valence-corrected chi connectivity index (χ3v) is 3.75. The number of ether oxygens (including phenoxy) is 1. The van der Waals surface area contributed by atoms with Gasteiger partial charge in [-0.1, -0.05) is 30.9 Å². The van der Waals surface area contributed by atoms with Gasteiger partial charge in [0.1, 0.15) is 6.61 Å². The Kier molecular flexibility index (Phi) is 3.46. The molecular weight excluding hydrogens is 252 g/mol. The number of rotatable bonds is 2. The average molecular weight is 270 g/mol. The molecule has 3 rings (SSSR count). The van der Waals surface area contributed by atoms with Crippen molar-refractivity contribution in [2.45, 2.75) is 12.8 Å². The Labute approximate surface area is 118 Å².